The standard InChI is InChI=1S/C14H17BrFN3O/c1-13(2,14(3,4)17)12-18-11(19-20-12)9-7-8(16)5-6-10(9)15/h5-7H,17H2,1-4H3. The Kier molecular flexibility index (Phi) is 3.73. The Labute approximate surface area is 125 Å². The van der Waals surface area contributed by atoms with E-state index in [0.717, 1.165) is 0 Å². The van der Waals surface area contributed by atoms with Crippen LogP contribution in [-0.4, -0.2) is 15.7 Å². The van der Waals surface area contributed by atoms with Crippen LogP contribution in [0.1, 0.15) is 33.6 Å². The molecule has 2 N–H and O–H groups in total. The van der Waals surface area contributed by atoms with Gasteiger partial charge in [0.15, 0.2) is 0 Å². The quantitative estimate of drug-likeness (QED) is 0.925. The summed E-state index contributed by atoms with van der Waals surface area (Å²) in [5.41, 5.74) is 5.66. The lowest BCUT2D eigenvalue weighted by Crippen LogP contribution is -2.50. The van der Waals surface area contributed by atoms with E-state index in [0.29, 0.717) is 21.8 Å². The number of halogens is 2. The van der Waals surface area contributed by atoms with Crippen molar-refractivity contribution >= 4 is 15.9 Å². The third kappa shape index (κ3) is 2.62. The predicted molar refractivity (Wildman–Crippen MR) is 78.7 cm³/mol. The number of aromatic nitrogens is 2. The molecule has 0 unspecified atom stereocenters. The first kappa shape index (κ1) is 15.1. The summed E-state index contributed by atoms with van der Waals surface area (Å²) in [6, 6.07) is 4.33. The zero-order chi connectivity index (χ0) is 15.1. The first-order valence-electron chi connectivity index (χ1n) is 6.21. The molecule has 0 radical (unpaired) electrons. The molecule has 2 aromatic rings. The van der Waals surface area contributed by atoms with Gasteiger partial charge >= 0.3 is 0 Å². The van der Waals surface area contributed by atoms with Gasteiger partial charge in [-0.2, -0.15) is 4.98 Å². The van der Waals surface area contributed by atoms with E-state index < -0.39 is 11.0 Å². The maximum atomic E-state index is 13.3. The third-order valence-corrected chi connectivity index (χ3v) is 4.43. The van der Waals surface area contributed by atoms with Crippen molar-refractivity contribution in [3.63, 3.8) is 0 Å². The molecule has 1 aromatic carbocycles. The van der Waals surface area contributed by atoms with Crippen LogP contribution < -0.4 is 5.73 Å². The summed E-state index contributed by atoms with van der Waals surface area (Å²) in [6.45, 7) is 7.67. The van der Waals surface area contributed by atoms with E-state index in [4.69, 9.17) is 10.3 Å². The second-order valence-corrected chi connectivity index (χ2v) is 6.75. The monoisotopic (exact) mass is 341 g/mol. The number of nitrogens with two attached hydrogens (primary N) is 1. The van der Waals surface area contributed by atoms with Crippen molar-refractivity contribution in [1.29, 1.82) is 0 Å². The molecule has 4 nitrogen and oxygen atoms in total. The molecule has 6 heteroatoms. The Balaban J connectivity index is 2.46. The molecule has 0 amide bonds. The maximum absolute atomic E-state index is 13.3. The number of hydrogen-bond donors (Lipinski definition) is 1. The molecule has 0 saturated carbocycles. The van der Waals surface area contributed by atoms with E-state index in [-0.39, 0.29) is 5.82 Å². The average molecular weight is 342 g/mol. The van der Waals surface area contributed by atoms with Gasteiger partial charge in [0.2, 0.25) is 11.7 Å². The van der Waals surface area contributed by atoms with E-state index in [2.05, 4.69) is 26.1 Å². The van der Waals surface area contributed by atoms with Crippen LogP contribution in [0.2, 0.25) is 0 Å². The van der Waals surface area contributed by atoms with Gasteiger partial charge in [0.1, 0.15) is 5.82 Å². The number of rotatable bonds is 3. The molecule has 0 aliphatic rings. The van der Waals surface area contributed by atoms with Crippen LogP contribution >= 0.6 is 15.9 Å². The minimum Gasteiger partial charge on any atom is -0.338 e. The summed E-state index contributed by atoms with van der Waals surface area (Å²) in [5, 5.41) is 3.93. The SMILES string of the molecule is CC(C)(N)C(C)(C)c1nc(-c2cc(F)ccc2Br)no1. The van der Waals surface area contributed by atoms with E-state index >= 15 is 0 Å². The van der Waals surface area contributed by atoms with Gasteiger partial charge in [-0.05, 0) is 45.9 Å². The smallest absolute Gasteiger partial charge is 0.234 e. The summed E-state index contributed by atoms with van der Waals surface area (Å²) in [5.74, 6) is 0.410. The molecule has 20 heavy (non-hydrogen) atoms. The van der Waals surface area contributed by atoms with Crippen LogP contribution in [0.15, 0.2) is 27.2 Å². The molecule has 0 fully saturated rings. The number of benzene rings is 1. The zero-order valence-electron chi connectivity index (χ0n) is 11.9. The van der Waals surface area contributed by atoms with Gasteiger partial charge in [-0.1, -0.05) is 21.1 Å². The van der Waals surface area contributed by atoms with E-state index in [1.54, 1.807) is 6.07 Å². The Morgan fingerprint density at radius 3 is 2.50 bits per heavy atom. The minimum atomic E-state index is -0.532. The van der Waals surface area contributed by atoms with Gasteiger partial charge in [-0.3, -0.25) is 0 Å². The normalized spacial score (nSPS) is 12.8. The summed E-state index contributed by atoms with van der Waals surface area (Å²) < 4.78 is 19.4. The van der Waals surface area contributed by atoms with Crippen LogP contribution in [0, 0.1) is 5.82 Å². The molecule has 0 aliphatic heterocycles. The number of hydrogen-bond acceptors (Lipinski definition) is 4. The summed E-state index contributed by atoms with van der Waals surface area (Å²) in [7, 11) is 0. The lowest BCUT2D eigenvalue weighted by Gasteiger charge is -2.34. The van der Waals surface area contributed by atoms with Crippen molar-refractivity contribution in [2.24, 2.45) is 5.73 Å². The molecule has 108 valence electrons. The van der Waals surface area contributed by atoms with Crippen LogP contribution in [0.25, 0.3) is 11.4 Å². The molecule has 0 atom stereocenters. The summed E-state index contributed by atoms with van der Waals surface area (Å²) >= 11 is 3.35. The van der Waals surface area contributed by atoms with E-state index in [1.165, 1.54) is 12.1 Å². The predicted octanol–water partition coefficient (Wildman–Crippen LogP) is 3.65. The van der Waals surface area contributed by atoms with Crippen molar-refractivity contribution in [2.45, 2.75) is 38.6 Å². The Hall–Kier alpha value is -1.27. The maximum Gasteiger partial charge on any atom is 0.234 e. The highest BCUT2D eigenvalue weighted by molar-refractivity contribution is 9.10. The largest absolute Gasteiger partial charge is 0.338 e. The van der Waals surface area contributed by atoms with E-state index in [9.17, 15) is 4.39 Å². The van der Waals surface area contributed by atoms with Crippen molar-refractivity contribution in [2.75, 3.05) is 0 Å². The van der Waals surface area contributed by atoms with Gasteiger partial charge in [0.05, 0.1) is 5.41 Å². The molecule has 1 heterocycles. The van der Waals surface area contributed by atoms with E-state index in [1.807, 2.05) is 27.7 Å². The van der Waals surface area contributed by atoms with Gasteiger partial charge in [-0.15, -0.1) is 0 Å². The van der Waals surface area contributed by atoms with Gasteiger partial charge < -0.3 is 10.3 Å². The van der Waals surface area contributed by atoms with Crippen LogP contribution in [-0.2, 0) is 5.41 Å². The fourth-order valence-corrected chi connectivity index (χ4v) is 1.96. The third-order valence-electron chi connectivity index (χ3n) is 3.74. The number of nitrogens with zero attached hydrogens (tertiary/aromatic N) is 2. The van der Waals surface area contributed by atoms with Gasteiger partial charge in [-0.25, -0.2) is 4.39 Å². The lowest BCUT2D eigenvalue weighted by molar-refractivity contribution is 0.223. The second-order valence-electron chi connectivity index (χ2n) is 5.89. The first-order chi connectivity index (χ1) is 9.13. The van der Waals surface area contributed by atoms with Crippen molar-refractivity contribution < 1.29 is 8.91 Å². The van der Waals surface area contributed by atoms with Crippen molar-refractivity contribution in [3.8, 4) is 11.4 Å². The summed E-state index contributed by atoms with van der Waals surface area (Å²) in [4.78, 5) is 4.37. The fraction of sp³-hybridized carbons (Fsp3) is 0.429. The molecule has 2 rings (SSSR count). The highest BCUT2D eigenvalue weighted by Gasteiger charge is 2.40. The fourth-order valence-electron chi connectivity index (χ4n) is 1.53. The molecular weight excluding hydrogens is 325 g/mol. The van der Waals surface area contributed by atoms with Crippen LogP contribution in [0.4, 0.5) is 4.39 Å². The molecule has 0 saturated heterocycles. The Morgan fingerprint density at radius 2 is 1.90 bits per heavy atom. The zero-order valence-corrected chi connectivity index (χ0v) is 13.5. The highest BCUT2D eigenvalue weighted by Crippen LogP contribution is 2.34. The summed E-state index contributed by atoms with van der Waals surface area (Å²) in [6.07, 6.45) is 0. The van der Waals surface area contributed by atoms with Gasteiger partial charge in [0, 0.05) is 15.6 Å². The first-order valence-corrected chi connectivity index (χ1v) is 7.01. The second kappa shape index (κ2) is 4.93. The van der Waals surface area contributed by atoms with Gasteiger partial charge in [0.25, 0.3) is 0 Å². The molecule has 0 spiro atoms. The van der Waals surface area contributed by atoms with Crippen LogP contribution in [0.3, 0.4) is 0 Å². The van der Waals surface area contributed by atoms with Crippen LogP contribution in [0.5, 0.6) is 0 Å². The highest BCUT2D eigenvalue weighted by atomic mass is 79.9. The van der Waals surface area contributed by atoms with Crippen molar-refractivity contribution in [1.82, 2.24) is 10.1 Å². The van der Waals surface area contributed by atoms with Crippen molar-refractivity contribution in [3.05, 3.63) is 34.4 Å². The molecule has 1 aromatic heterocycles. The topological polar surface area (TPSA) is 64.9 Å². The molecule has 0 aliphatic carbocycles. The Morgan fingerprint density at radius 1 is 1.25 bits per heavy atom. The average Bonchev–Trinajstić information content (AvgIpc) is 2.80. The lowest BCUT2D eigenvalue weighted by atomic mass is 9.75. The Bertz CT molecular complexity index is 632. The minimum absolute atomic E-state index is 0.337. The molecule has 0 bridgehead atoms. The molecular formula is C14H17BrFN3O.